The minimum Gasteiger partial charge on any atom is -0.352 e. The molecule has 0 saturated carbocycles. The van der Waals surface area contributed by atoms with Crippen LogP contribution in [0, 0.1) is 11.6 Å². The summed E-state index contributed by atoms with van der Waals surface area (Å²) in [5, 5.41) is 8.64. The number of carbonyl (C=O) groups excluding carboxylic acids is 2. The standard InChI is InChI=1S/C15H14F2N2O2S/c16-11-6-12(17)8-13(7-11)19-14(20)2-1-4-18-15(21)10-3-5-22-9-10/h3,5-9H,1-2,4H2,(H,18,21)(H,19,20). The first-order valence-electron chi connectivity index (χ1n) is 6.61. The van der Waals surface area contributed by atoms with Crippen LogP contribution in [-0.4, -0.2) is 18.4 Å². The van der Waals surface area contributed by atoms with Crippen LogP contribution in [0.3, 0.4) is 0 Å². The van der Waals surface area contributed by atoms with Crippen molar-refractivity contribution in [2.24, 2.45) is 0 Å². The number of benzene rings is 1. The molecule has 116 valence electrons. The van der Waals surface area contributed by atoms with Gasteiger partial charge in [-0.15, -0.1) is 0 Å². The number of thiophene rings is 1. The summed E-state index contributed by atoms with van der Waals surface area (Å²) in [4.78, 5) is 23.3. The van der Waals surface area contributed by atoms with Gasteiger partial charge in [-0.1, -0.05) is 0 Å². The Hall–Kier alpha value is -2.28. The van der Waals surface area contributed by atoms with Crippen LogP contribution in [0.15, 0.2) is 35.0 Å². The normalized spacial score (nSPS) is 10.3. The van der Waals surface area contributed by atoms with E-state index in [2.05, 4.69) is 10.6 Å². The van der Waals surface area contributed by atoms with E-state index >= 15 is 0 Å². The zero-order valence-corrected chi connectivity index (χ0v) is 12.4. The number of amides is 2. The molecule has 1 aromatic carbocycles. The lowest BCUT2D eigenvalue weighted by molar-refractivity contribution is -0.116. The Kier molecular flexibility index (Phi) is 5.60. The van der Waals surface area contributed by atoms with Gasteiger partial charge >= 0.3 is 0 Å². The van der Waals surface area contributed by atoms with E-state index in [0.717, 1.165) is 18.2 Å². The van der Waals surface area contributed by atoms with Crippen LogP contribution >= 0.6 is 11.3 Å². The summed E-state index contributed by atoms with van der Waals surface area (Å²) in [7, 11) is 0. The van der Waals surface area contributed by atoms with Gasteiger partial charge in [-0.05, 0) is 30.0 Å². The van der Waals surface area contributed by atoms with Gasteiger partial charge in [-0.2, -0.15) is 11.3 Å². The summed E-state index contributed by atoms with van der Waals surface area (Å²) in [5.41, 5.74) is 0.662. The SMILES string of the molecule is O=C(CCCNC(=O)c1ccsc1)Nc1cc(F)cc(F)c1. The van der Waals surface area contributed by atoms with Gasteiger partial charge in [0.1, 0.15) is 11.6 Å². The van der Waals surface area contributed by atoms with E-state index in [1.807, 2.05) is 0 Å². The van der Waals surface area contributed by atoms with Crippen LogP contribution in [0.4, 0.5) is 14.5 Å². The van der Waals surface area contributed by atoms with Crippen LogP contribution in [0.2, 0.25) is 0 Å². The van der Waals surface area contributed by atoms with Gasteiger partial charge in [-0.25, -0.2) is 8.78 Å². The smallest absolute Gasteiger partial charge is 0.252 e. The second kappa shape index (κ2) is 7.65. The van der Waals surface area contributed by atoms with Crippen LogP contribution in [-0.2, 0) is 4.79 Å². The summed E-state index contributed by atoms with van der Waals surface area (Å²) in [6, 6.07) is 4.53. The van der Waals surface area contributed by atoms with E-state index in [1.165, 1.54) is 11.3 Å². The van der Waals surface area contributed by atoms with Crippen LogP contribution in [0.25, 0.3) is 0 Å². The average molecular weight is 324 g/mol. The Morgan fingerprint density at radius 1 is 1.14 bits per heavy atom. The van der Waals surface area contributed by atoms with Gasteiger partial charge < -0.3 is 10.6 Å². The maximum atomic E-state index is 13.0. The van der Waals surface area contributed by atoms with Gasteiger partial charge in [0.2, 0.25) is 5.91 Å². The summed E-state index contributed by atoms with van der Waals surface area (Å²) in [6.45, 7) is 0.347. The fourth-order valence-electron chi connectivity index (χ4n) is 1.80. The molecule has 0 aliphatic carbocycles. The molecule has 0 fully saturated rings. The molecule has 0 radical (unpaired) electrons. The zero-order chi connectivity index (χ0) is 15.9. The van der Waals surface area contributed by atoms with Crippen molar-refractivity contribution in [1.29, 1.82) is 0 Å². The third-order valence-corrected chi connectivity index (χ3v) is 3.48. The van der Waals surface area contributed by atoms with Crippen molar-refractivity contribution in [1.82, 2.24) is 5.32 Å². The van der Waals surface area contributed by atoms with Crippen molar-refractivity contribution in [3.63, 3.8) is 0 Å². The molecule has 0 unspecified atom stereocenters. The van der Waals surface area contributed by atoms with Crippen molar-refractivity contribution >= 4 is 28.8 Å². The lowest BCUT2D eigenvalue weighted by Gasteiger charge is -2.06. The Balaban J connectivity index is 1.70. The monoisotopic (exact) mass is 324 g/mol. The molecule has 0 atom stereocenters. The van der Waals surface area contributed by atoms with Gasteiger partial charge in [-0.3, -0.25) is 9.59 Å². The summed E-state index contributed by atoms with van der Waals surface area (Å²) in [6.07, 6.45) is 0.571. The highest BCUT2D eigenvalue weighted by atomic mass is 32.1. The number of nitrogens with one attached hydrogen (secondary N) is 2. The van der Waals surface area contributed by atoms with Crippen molar-refractivity contribution in [3.8, 4) is 0 Å². The fraction of sp³-hybridized carbons (Fsp3) is 0.200. The van der Waals surface area contributed by atoms with Crippen molar-refractivity contribution in [3.05, 3.63) is 52.2 Å². The van der Waals surface area contributed by atoms with Crippen LogP contribution in [0.1, 0.15) is 23.2 Å². The van der Waals surface area contributed by atoms with Crippen molar-refractivity contribution in [2.45, 2.75) is 12.8 Å². The Morgan fingerprint density at radius 2 is 1.86 bits per heavy atom. The highest BCUT2D eigenvalue weighted by molar-refractivity contribution is 7.08. The maximum Gasteiger partial charge on any atom is 0.252 e. The number of hydrogen-bond acceptors (Lipinski definition) is 3. The van der Waals surface area contributed by atoms with E-state index in [9.17, 15) is 18.4 Å². The molecule has 0 spiro atoms. The third kappa shape index (κ3) is 4.92. The maximum absolute atomic E-state index is 13.0. The first kappa shape index (κ1) is 16.1. The molecule has 0 saturated heterocycles. The van der Waals surface area contributed by atoms with E-state index in [1.54, 1.807) is 16.8 Å². The molecule has 0 bridgehead atoms. The minimum atomic E-state index is -0.752. The van der Waals surface area contributed by atoms with Gasteiger partial charge in [0, 0.05) is 35.7 Å². The first-order chi connectivity index (χ1) is 10.5. The molecule has 2 amide bonds. The molecular weight excluding hydrogens is 310 g/mol. The molecule has 1 heterocycles. The first-order valence-corrected chi connectivity index (χ1v) is 7.55. The molecule has 7 heteroatoms. The van der Waals surface area contributed by atoms with Crippen molar-refractivity contribution in [2.75, 3.05) is 11.9 Å². The number of anilines is 1. The molecular formula is C15H14F2N2O2S. The van der Waals surface area contributed by atoms with E-state index in [0.29, 0.717) is 18.5 Å². The van der Waals surface area contributed by atoms with E-state index in [4.69, 9.17) is 0 Å². The number of halogens is 2. The molecule has 22 heavy (non-hydrogen) atoms. The largest absolute Gasteiger partial charge is 0.352 e. The number of hydrogen-bond donors (Lipinski definition) is 2. The topological polar surface area (TPSA) is 58.2 Å². The quantitative estimate of drug-likeness (QED) is 0.802. The predicted molar refractivity (Wildman–Crippen MR) is 80.9 cm³/mol. The highest BCUT2D eigenvalue weighted by Gasteiger charge is 2.07. The Morgan fingerprint density at radius 3 is 2.50 bits per heavy atom. The van der Waals surface area contributed by atoms with Gasteiger partial charge in [0.05, 0.1) is 0 Å². The summed E-state index contributed by atoms with van der Waals surface area (Å²) in [5.74, 6) is -2.06. The molecule has 2 rings (SSSR count). The van der Waals surface area contributed by atoms with E-state index in [-0.39, 0.29) is 23.9 Å². The number of rotatable bonds is 6. The molecule has 2 N–H and O–H groups in total. The third-order valence-electron chi connectivity index (χ3n) is 2.80. The Bertz CT molecular complexity index is 639. The predicted octanol–water partition coefficient (Wildman–Crippen LogP) is 3.18. The molecule has 2 aromatic rings. The second-order valence-corrected chi connectivity index (χ2v) is 5.36. The molecule has 0 aliphatic heterocycles. The average Bonchev–Trinajstić information content (AvgIpc) is 2.96. The Labute approximate surface area is 130 Å². The highest BCUT2D eigenvalue weighted by Crippen LogP contribution is 2.13. The second-order valence-electron chi connectivity index (χ2n) is 4.58. The lowest BCUT2D eigenvalue weighted by atomic mass is 10.2. The zero-order valence-electron chi connectivity index (χ0n) is 11.6. The summed E-state index contributed by atoms with van der Waals surface area (Å²) < 4.78 is 25.9. The lowest BCUT2D eigenvalue weighted by Crippen LogP contribution is -2.25. The minimum absolute atomic E-state index is 0.0739. The molecule has 1 aromatic heterocycles. The van der Waals surface area contributed by atoms with Gasteiger partial charge in [0.15, 0.2) is 0 Å². The van der Waals surface area contributed by atoms with Crippen LogP contribution in [0.5, 0.6) is 0 Å². The van der Waals surface area contributed by atoms with Crippen molar-refractivity contribution < 1.29 is 18.4 Å². The van der Waals surface area contributed by atoms with Gasteiger partial charge in [0.25, 0.3) is 5.91 Å². The number of carbonyl (C=O) groups is 2. The van der Waals surface area contributed by atoms with E-state index < -0.39 is 11.6 Å². The molecule has 0 aliphatic rings. The molecule has 4 nitrogen and oxygen atoms in total. The fourth-order valence-corrected chi connectivity index (χ4v) is 2.43. The summed E-state index contributed by atoms with van der Waals surface area (Å²) >= 11 is 1.43. The van der Waals surface area contributed by atoms with Crippen LogP contribution < -0.4 is 10.6 Å².